The lowest BCUT2D eigenvalue weighted by molar-refractivity contribution is -0.144. The Balaban J connectivity index is 1.79. The molecule has 2 N–H and O–H groups in total. The van der Waals surface area contributed by atoms with Gasteiger partial charge in [0.1, 0.15) is 17.7 Å². The first-order valence-corrected chi connectivity index (χ1v) is 11.5. The maximum atomic E-state index is 13.6. The molecular weight excluding hydrogens is 439 g/mol. The second-order valence-electron chi connectivity index (χ2n) is 8.24. The Morgan fingerprint density at radius 2 is 1.85 bits per heavy atom. The monoisotopic (exact) mass is 470 g/mol. The van der Waals surface area contributed by atoms with Gasteiger partial charge >= 0.3 is 0 Å². The number of amides is 3. The quantitative estimate of drug-likeness (QED) is 0.491. The minimum Gasteiger partial charge on any atom is -0.383 e. The summed E-state index contributed by atoms with van der Waals surface area (Å²) in [5.74, 6) is -0.996. The lowest BCUT2D eigenvalue weighted by atomic mass is 10.00. The molecular formula is C25H31FN4O4. The molecule has 0 saturated heterocycles. The molecule has 1 aromatic heterocycles. The van der Waals surface area contributed by atoms with Crippen LogP contribution in [0.4, 0.5) is 10.2 Å². The van der Waals surface area contributed by atoms with Gasteiger partial charge in [-0.05, 0) is 42.7 Å². The number of benzene rings is 1. The molecule has 1 unspecified atom stereocenters. The van der Waals surface area contributed by atoms with Crippen LogP contribution in [0.1, 0.15) is 50.1 Å². The third kappa shape index (κ3) is 7.08. The van der Waals surface area contributed by atoms with Gasteiger partial charge in [0.25, 0.3) is 0 Å². The first kappa shape index (κ1) is 25.3. The van der Waals surface area contributed by atoms with Crippen molar-refractivity contribution in [3.63, 3.8) is 0 Å². The highest BCUT2D eigenvalue weighted by atomic mass is 19.1. The van der Waals surface area contributed by atoms with Gasteiger partial charge in [0, 0.05) is 38.7 Å². The summed E-state index contributed by atoms with van der Waals surface area (Å²) >= 11 is 0. The first-order chi connectivity index (χ1) is 16.5. The van der Waals surface area contributed by atoms with E-state index in [0.717, 1.165) is 25.7 Å². The Morgan fingerprint density at radius 1 is 1.12 bits per heavy atom. The number of ether oxygens (including phenoxy) is 1. The molecule has 0 spiro atoms. The van der Waals surface area contributed by atoms with E-state index in [-0.39, 0.29) is 43.1 Å². The van der Waals surface area contributed by atoms with Gasteiger partial charge in [-0.3, -0.25) is 14.4 Å². The van der Waals surface area contributed by atoms with Crippen LogP contribution in [-0.2, 0) is 19.1 Å². The van der Waals surface area contributed by atoms with Crippen molar-refractivity contribution in [2.75, 3.05) is 25.6 Å². The van der Waals surface area contributed by atoms with E-state index < -0.39 is 11.9 Å². The molecule has 9 heteroatoms. The van der Waals surface area contributed by atoms with Crippen LogP contribution in [0, 0.1) is 5.82 Å². The first-order valence-electron chi connectivity index (χ1n) is 11.5. The number of hydrogen-bond acceptors (Lipinski definition) is 5. The average molecular weight is 471 g/mol. The predicted octanol–water partition coefficient (Wildman–Crippen LogP) is 3.21. The third-order valence-electron chi connectivity index (χ3n) is 5.82. The van der Waals surface area contributed by atoms with Crippen LogP contribution >= 0.6 is 0 Å². The van der Waals surface area contributed by atoms with E-state index in [0.29, 0.717) is 18.0 Å². The summed E-state index contributed by atoms with van der Waals surface area (Å²) in [6.45, 7) is 0.610. The molecule has 1 atom stereocenters. The number of carbonyl (C=O) groups excluding carboxylic acids is 3. The minimum absolute atomic E-state index is 0.0416. The van der Waals surface area contributed by atoms with Crippen molar-refractivity contribution in [2.45, 2.75) is 50.6 Å². The van der Waals surface area contributed by atoms with Crippen LogP contribution in [0.25, 0.3) is 0 Å². The van der Waals surface area contributed by atoms with E-state index in [1.54, 1.807) is 29.3 Å². The molecule has 1 aliphatic rings. The van der Waals surface area contributed by atoms with E-state index in [2.05, 4.69) is 15.6 Å². The third-order valence-corrected chi connectivity index (χ3v) is 5.82. The van der Waals surface area contributed by atoms with Crippen molar-refractivity contribution in [1.29, 1.82) is 0 Å². The molecule has 1 heterocycles. The van der Waals surface area contributed by atoms with Gasteiger partial charge in [-0.1, -0.05) is 31.0 Å². The van der Waals surface area contributed by atoms with E-state index in [1.165, 1.54) is 31.4 Å². The SMILES string of the molecule is COCCNC(=O)C(c1ccc(F)cc1)N(C(=O)CCC(=O)Nc1ccccn1)C1CCCC1. The smallest absolute Gasteiger partial charge is 0.247 e. The Morgan fingerprint density at radius 3 is 2.50 bits per heavy atom. The summed E-state index contributed by atoms with van der Waals surface area (Å²) in [5, 5.41) is 5.49. The van der Waals surface area contributed by atoms with Crippen LogP contribution in [0.2, 0.25) is 0 Å². The molecule has 1 aliphatic carbocycles. The lowest BCUT2D eigenvalue weighted by Gasteiger charge is -2.36. The molecule has 1 aromatic carbocycles. The second kappa shape index (κ2) is 12.8. The molecule has 182 valence electrons. The topological polar surface area (TPSA) is 101 Å². The highest BCUT2D eigenvalue weighted by molar-refractivity contribution is 5.94. The van der Waals surface area contributed by atoms with Crippen LogP contribution in [-0.4, -0.2) is 53.9 Å². The van der Waals surface area contributed by atoms with Gasteiger partial charge in [0.15, 0.2) is 0 Å². The molecule has 0 radical (unpaired) electrons. The maximum Gasteiger partial charge on any atom is 0.247 e. The second-order valence-corrected chi connectivity index (χ2v) is 8.24. The van der Waals surface area contributed by atoms with Gasteiger partial charge < -0.3 is 20.3 Å². The number of nitrogens with zero attached hydrogens (tertiary/aromatic N) is 2. The number of carbonyl (C=O) groups is 3. The van der Waals surface area contributed by atoms with Crippen molar-refractivity contribution < 1.29 is 23.5 Å². The van der Waals surface area contributed by atoms with Gasteiger partial charge in [0.05, 0.1) is 6.61 Å². The number of aromatic nitrogens is 1. The van der Waals surface area contributed by atoms with Crippen LogP contribution in [0.15, 0.2) is 48.7 Å². The molecule has 1 fully saturated rings. The highest BCUT2D eigenvalue weighted by Crippen LogP contribution is 2.32. The van der Waals surface area contributed by atoms with Gasteiger partial charge in [0.2, 0.25) is 17.7 Å². The van der Waals surface area contributed by atoms with Crippen LogP contribution in [0.3, 0.4) is 0 Å². The van der Waals surface area contributed by atoms with Crippen molar-refractivity contribution in [1.82, 2.24) is 15.2 Å². The Labute approximate surface area is 198 Å². The fraction of sp³-hybridized carbons (Fsp3) is 0.440. The molecule has 0 aliphatic heterocycles. The van der Waals surface area contributed by atoms with E-state index in [1.807, 2.05) is 0 Å². The van der Waals surface area contributed by atoms with E-state index in [4.69, 9.17) is 4.74 Å². The molecule has 34 heavy (non-hydrogen) atoms. The van der Waals surface area contributed by atoms with Crippen molar-refractivity contribution in [2.24, 2.45) is 0 Å². The molecule has 1 saturated carbocycles. The summed E-state index contributed by atoms with van der Waals surface area (Å²) in [6.07, 6.45) is 4.92. The fourth-order valence-corrected chi connectivity index (χ4v) is 4.19. The summed E-state index contributed by atoms with van der Waals surface area (Å²) in [6, 6.07) is 9.72. The zero-order valence-corrected chi connectivity index (χ0v) is 19.3. The largest absolute Gasteiger partial charge is 0.383 e. The number of rotatable bonds is 11. The van der Waals surface area contributed by atoms with Crippen molar-refractivity contribution in [3.8, 4) is 0 Å². The van der Waals surface area contributed by atoms with Crippen LogP contribution < -0.4 is 10.6 Å². The number of nitrogens with one attached hydrogen (secondary N) is 2. The average Bonchev–Trinajstić information content (AvgIpc) is 3.37. The van der Waals surface area contributed by atoms with Gasteiger partial charge in [-0.2, -0.15) is 0 Å². The Bertz CT molecular complexity index is 949. The predicted molar refractivity (Wildman–Crippen MR) is 125 cm³/mol. The standard InChI is InChI=1S/C25H31FN4O4/c1-34-17-16-28-25(33)24(18-9-11-19(26)12-10-18)30(20-6-2-3-7-20)23(32)14-13-22(31)29-21-8-4-5-15-27-21/h4-5,8-12,15,20,24H,2-3,6-7,13-14,16-17H2,1H3,(H,28,33)(H,27,29,31). The number of anilines is 1. The molecule has 2 aromatic rings. The Kier molecular flexibility index (Phi) is 9.51. The van der Waals surface area contributed by atoms with Gasteiger partial charge in [-0.25, -0.2) is 9.37 Å². The van der Waals surface area contributed by atoms with Crippen LogP contribution in [0.5, 0.6) is 0 Å². The maximum absolute atomic E-state index is 13.6. The summed E-state index contributed by atoms with van der Waals surface area (Å²) in [4.78, 5) is 44.7. The van der Waals surface area contributed by atoms with Crippen molar-refractivity contribution in [3.05, 3.63) is 60.0 Å². The number of hydrogen-bond donors (Lipinski definition) is 2. The van der Waals surface area contributed by atoms with Crippen molar-refractivity contribution >= 4 is 23.5 Å². The summed E-state index contributed by atoms with van der Waals surface area (Å²) < 4.78 is 18.6. The molecule has 3 rings (SSSR count). The number of methoxy groups -OCH3 is 1. The zero-order valence-electron chi connectivity index (χ0n) is 19.3. The summed E-state index contributed by atoms with van der Waals surface area (Å²) in [7, 11) is 1.54. The fourth-order valence-electron chi connectivity index (χ4n) is 4.19. The number of pyridine rings is 1. The highest BCUT2D eigenvalue weighted by Gasteiger charge is 2.37. The van der Waals surface area contributed by atoms with E-state index >= 15 is 0 Å². The normalized spacial score (nSPS) is 14.4. The van der Waals surface area contributed by atoms with Gasteiger partial charge in [-0.15, -0.1) is 0 Å². The molecule has 8 nitrogen and oxygen atoms in total. The molecule has 3 amide bonds. The molecule has 0 bridgehead atoms. The zero-order chi connectivity index (χ0) is 24.3. The van der Waals surface area contributed by atoms with E-state index in [9.17, 15) is 18.8 Å². The minimum atomic E-state index is -0.924. The number of halogens is 1. The Hall–Kier alpha value is -3.33. The lowest BCUT2D eigenvalue weighted by Crippen LogP contribution is -2.48. The summed E-state index contributed by atoms with van der Waals surface area (Å²) in [5.41, 5.74) is 0.523.